The quantitative estimate of drug-likeness (QED) is 0.838. The number of ether oxygens (including phenoxy) is 1. The van der Waals surface area contributed by atoms with Crippen LogP contribution in [0.25, 0.3) is 0 Å². The molecular weight excluding hydrogens is 278 g/mol. The van der Waals surface area contributed by atoms with Gasteiger partial charge in [-0.2, -0.15) is 0 Å². The molecule has 1 aliphatic heterocycles. The molecular formula is C18H25NO3. The highest BCUT2D eigenvalue weighted by Crippen LogP contribution is 2.33. The number of Topliss-reactive ketones (excluding diaryl/α,β-unsaturated/α-hetero) is 1. The molecule has 0 radical (unpaired) electrons. The van der Waals surface area contributed by atoms with E-state index in [1.807, 2.05) is 38.1 Å². The number of hydrogen-bond donors (Lipinski definition) is 0. The third-order valence-corrected chi connectivity index (χ3v) is 3.93. The van der Waals surface area contributed by atoms with Crippen LogP contribution in [0.5, 0.6) is 5.75 Å². The maximum absolute atomic E-state index is 12.9. The number of benzene rings is 1. The SMILES string of the molecule is CC(C)CC1COc2ccccc2N(CC(=O)C(C)C)C1=O. The molecule has 1 aromatic rings. The van der Waals surface area contributed by atoms with Crippen molar-refractivity contribution in [1.29, 1.82) is 0 Å². The van der Waals surface area contributed by atoms with E-state index in [9.17, 15) is 9.59 Å². The smallest absolute Gasteiger partial charge is 0.234 e. The minimum absolute atomic E-state index is 0.00681. The van der Waals surface area contributed by atoms with Gasteiger partial charge in [-0.25, -0.2) is 0 Å². The maximum atomic E-state index is 12.9. The van der Waals surface area contributed by atoms with Crippen molar-refractivity contribution in [1.82, 2.24) is 0 Å². The summed E-state index contributed by atoms with van der Waals surface area (Å²) in [6, 6.07) is 7.45. The van der Waals surface area contributed by atoms with Crippen LogP contribution in [-0.4, -0.2) is 24.8 Å². The molecule has 120 valence electrons. The van der Waals surface area contributed by atoms with E-state index in [4.69, 9.17) is 4.74 Å². The lowest BCUT2D eigenvalue weighted by Crippen LogP contribution is -2.41. The Labute approximate surface area is 132 Å². The third kappa shape index (κ3) is 3.67. The fourth-order valence-corrected chi connectivity index (χ4v) is 2.64. The number of para-hydroxylation sites is 2. The molecule has 1 atom stereocenters. The molecule has 0 N–H and O–H groups in total. The van der Waals surface area contributed by atoms with Crippen molar-refractivity contribution < 1.29 is 14.3 Å². The molecule has 0 spiro atoms. The summed E-state index contributed by atoms with van der Waals surface area (Å²) in [5, 5.41) is 0. The monoisotopic (exact) mass is 303 g/mol. The first-order valence-electron chi connectivity index (χ1n) is 7.96. The Morgan fingerprint density at radius 3 is 2.59 bits per heavy atom. The van der Waals surface area contributed by atoms with Crippen LogP contribution in [0.1, 0.15) is 34.1 Å². The van der Waals surface area contributed by atoms with Crippen LogP contribution >= 0.6 is 0 Å². The summed E-state index contributed by atoms with van der Waals surface area (Å²) < 4.78 is 5.83. The highest BCUT2D eigenvalue weighted by molar-refractivity contribution is 6.02. The highest BCUT2D eigenvalue weighted by atomic mass is 16.5. The fraction of sp³-hybridized carbons (Fsp3) is 0.556. The predicted molar refractivity (Wildman–Crippen MR) is 87.1 cm³/mol. The molecule has 2 rings (SSSR count). The van der Waals surface area contributed by atoms with Crippen molar-refractivity contribution >= 4 is 17.4 Å². The molecule has 1 unspecified atom stereocenters. The second kappa shape index (κ2) is 6.95. The Balaban J connectivity index is 2.34. The molecule has 0 aromatic heterocycles. The highest BCUT2D eigenvalue weighted by Gasteiger charge is 2.33. The lowest BCUT2D eigenvalue weighted by molar-refractivity contribution is -0.126. The van der Waals surface area contributed by atoms with E-state index in [1.54, 1.807) is 4.90 Å². The van der Waals surface area contributed by atoms with Crippen molar-refractivity contribution in [3.05, 3.63) is 24.3 Å². The first kappa shape index (κ1) is 16.5. The van der Waals surface area contributed by atoms with Crippen LogP contribution in [0.15, 0.2) is 24.3 Å². The number of amides is 1. The number of rotatable bonds is 5. The lowest BCUT2D eigenvalue weighted by atomic mass is 9.96. The van der Waals surface area contributed by atoms with E-state index in [1.165, 1.54) is 0 Å². The van der Waals surface area contributed by atoms with E-state index in [2.05, 4.69) is 13.8 Å². The molecule has 4 nitrogen and oxygen atoms in total. The third-order valence-electron chi connectivity index (χ3n) is 3.93. The molecule has 1 heterocycles. The van der Waals surface area contributed by atoms with E-state index >= 15 is 0 Å². The van der Waals surface area contributed by atoms with Gasteiger partial charge in [-0.1, -0.05) is 39.8 Å². The maximum Gasteiger partial charge on any atom is 0.234 e. The van der Waals surface area contributed by atoms with Gasteiger partial charge in [0.25, 0.3) is 0 Å². The summed E-state index contributed by atoms with van der Waals surface area (Å²) in [6.45, 7) is 8.40. The Bertz CT molecular complexity index is 551. The number of carbonyl (C=O) groups excluding carboxylic acids is 2. The zero-order valence-electron chi connectivity index (χ0n) is 13.8. The minimum Gasteiger partial charge on any atom is -0.491 e. The van der Waals surface area contributed by atoms with E-state index < -0.39 is 0 Å². The lowest BCUT2D eigenvalue weighted by Gasteiger charge is -2.25. The first-order valence-corrected chi connectivity index (χ1v) is 7.96. The number of anilines is 1. The van der Waals surface area contributed by atoms with Crippen molar-refractivity contribution in [3.8, 4) is 5.75 Å². The summed E-state index contributed by atoms with van der Waals surface area (Å²) in [5.41, 5.74) is 0.702. The average molecular weight is 303 g/mol. The second-order valence-electron chi connectivity index (χ2n) is 6.65. The molecule has 22 heavy (non-hydrogen) atoms. The Hall–Kier alpha value is -1.84. The molecule has 0 aliphatic carbocycles. The fourth-order valence-electron chi connectivity index (χ4n) is 2.64. The number of nitrogens with zero attached hydrogens (tertiary/aromatic N) is 1. The first-order chi connectivity index (χ1) is 10.4. The van der Waals surface area contributed by atoms with Gasteiger partial charge in [-0.3, -0.25) is 9.59 Å². The number of hydrogen-bond acceptors (Lipinski definition) is 3. The van der Waals surface area contributed by atoms with E-state index in [-0.39, 0.29) is 30.1 Å². The van der Waals surface area contributed by atoms with E-state index in [0.29, 0.717) is 24.0 Å². The van der Waals surface area contributed by atoms with Gasteiger partial charge >= 0.3 is 0 Å². The van der Waals surface area contributed by atoms with Crippen LogP contribution in [0, 0.1) is 17.8 Å². The van der Waals surface area contributed by atoms with Gasteiger partial charge in [0.15, 0.2) is 5.78 Å². The molecule has 1 aromatic carbocycles. The van der Waals surface area contributed by atoms with Crippen molar-refractivity contribution in [2.24, 2.45) is 17.8 Å². The second-order valence-corrected chi connectivity index (χ2v) is 6.65. The van der Waals surface area contributed by atoms with Gasteiger partial charge in [0.1, 0.15) is 5.75 Å². The van der Waals surface area contributed by atoms with Gasteiger partial charge in [-0.15, -0.1) is 0 Å². The molecule has 0 saturated carbocycles. The minimum atomic E-state index is -0.202. The van der Waals surface area contributed by atoms with Crippen molar-refractivity contribution in [3.63, 3.8) is 0 Å². The molecule has 1 aliphatic rings. The summed E-state index contributed by atoms with van der Waals surface area (Å²) in [7, 11) is 0. The van der Waals surface area contributed by atoms with Gasteiger partial charge in [-0.05, 0) is 24.5 Å². The van der Waals surface area contributed by atoms with Crippen LogP contribution in [0.3, 0.4) is 0 Å². The molecule has 4 heteroatoms. The van der Waals surface area contributed by atoms with Gasteiger partial charge < -0.3 is 9.64 Å². The standard InChI is InChI=1S/C18H25NO3/c1-12(2)9-14-11-22-17-8-6-5-7-15(17)19(18(14)21)10-16(20)13(3)4/h5-8,12-14H,9-11H2,1-4H3. The van der Waals surface area contributed by atoms with Gasteiger partial charge in [0.2, 0.25) is 5.91 Å². The Kier molecular flexibility index (Phi) is 5.22. The van der Waals surface area contributed by atoms with Crippen LogP contribution < -0.4 is 9.64 Å². The van der Waals surface area contributed by atoms with Crippen LogP contribution in [0.4, 0.5) is 5.69 Å². The van der Waals surface area contributed by atoms with Gasteiger partial charge in [0, 0.05) is 5.92 Å². The Morgan fingerprint density at radius 1 is 1.27 bits per heavy atom. The van der Waals surface area contributed by atoms with Crippen LogP contribution in [0.2, 0.25) is 0 Å². The zero-order chi connectivity index (χ0) is 16.3. The number of carbonyl (C=O) groups is 2. The molecule has 0 bridgehead atoms. The zero-order valence-corrected chi connectivity index (χ0v) is 13.8. The van der Waals surface area contributed by atoms with Crippen LogP contribution in [-0.2, 0) is 9.59 Å². The summed E-state index contributed by atoms with van der Waals surface area (Å²) in [5.74, 6) is 0.848. The summed E-state index contributed by atoms with van der Waals surface area (Å²) in [4.78, 5) is 26.7. The summed E-state index contributed by atoms with van der Waals surface area (Å²) >= 11 is 0. The predicted octanol–water partition coefficient (Wildman–Crippen LogP) is 3.30. The average Bonchev–Trinajstić information content (AvgIpc) is 2.59. The molecule has 0 fully saturated rings. The largest absolute Gasteiger partial charge is 0.491 e. The molecule has 1 amide bonds. The number of ketones is 1. The van der Waals surface area contributed by atoms with Gasteiger partial charge in [0.05, 0.1) is 24.8 Å². The summed E-state index contributed by atoms with van der Waals surface area (Å²) in [6.07, 6.45) is 0.763. The molecule has 0 saturated heterocycles. The number of fused-ring (bicyclic) bond motifs is 1. The Morgan fingerprint density at radius 2 is 1.95 bits per heavy atom. The normalized spacial score (nSPS) is 18.2. The van der Waals surface area contributed by atoms with Crippen molar-refractivity contribution in [2.75, 3.05) is 18.1 Å². The topological polar surface area (TPSA) is 46.6 Å². The van der Waals surface area contributed by atoms with Crippen molar-refractivity contribution in [2.45, 2.75) is 34.1 Å². The van der Waals surface area contributed by atoms with E-state index in [0.717, 1.165) is 6.42 Å².